The number of nitrogens with one attached hydrogen (secondary N) is 1. The molecule has 1 aliphatic carbocycles. The maximum atomic E-state index is 3.72. The van der Waals surface area contributed by atoms with E-state index in [9.17, 15) is 0 Å². The zero-order valence-corrected chi connectivity index (χ0v) is 10.2. The smallest absolute Gasteiger partial charge is 0.0586 e. The molecule has 2 aliphatic rings. The molecule has 2 rings (SSSR count). The van der Waals surface area contributed by atoms with E-state index in [2.05, 4.69) is 24.0 Å². The van der Waals surface area contributed by atoms with Crippen LogP contribution >= 0.6 is 11.8 Å². The molecule has 1 heterocycles. The van der Waals surface area contributed by atoms with Crippen molar-refractivity contribution in [1.29, 1.82) is 0 Å². The third-order valence-corrected chi connectivity index (χ3v) is 5.41. The number of hydrogen-bond donors (Lipinski definition) is 1. The predicted octanol–water partition coefficient (Wildman–Crippen LogP) is 3.40. The third-order valence-electron chi connectivity index (χ3n) is 3.81. The van der Waals surface area contributed by atoms with E-state index < -0.39 is 0 Å². The zero-order chi connectivity index (χ0) is 9.86. The molecule has 0 amide bonds. The first kappa shape index (κ1) is 10.8. The summed E-state index contributed by atoms with van der Waals surface area (Å²) in [5.41, 5.74) is 0.585. The summed E-state index contributed by atoms with van der Waals surface area (Å²) in [6, 6.07) is 0. The lowest BCUT2D eigenvalue weighted by atomic mass is 9.82. The molecule has 1 N–H and O–H groups in total. The third kappa shape index (κ3) is 2.46. The Kier molecular flexibility index (Phi) is 3.78. The van der Waals surface area contributed by atoms with Crippen molar-refractivity contribution in [3.8, 4) is 0 Å². The second-order valence-electron chi connectivity index (χ2n) is 5.13. The van der Waals surface area contributed by atoms with E-state index in [1.165, 1.54) is 57.2 Å². The fourth-order valence-electron chi connectivity index (χ4n) is 2.81. The molecule has 0 aromatic heterocycles. The van der Waals surface area contributed by atoms with Crippen molar-refractivity contribution < 1.29 is 0 Å². The van der Waals surface area contributed by atoms with Gasteiger partial charge in [0.15, 0.2) is 0 Å². The largest absolute Gasteiger partial charge is 0.305 e. The van der Waals surface area contributed by atoms with Gasteiger partial charge in [0, 0.05) is 0 Å². The summed E-state index contributed by atoms with van der Waals surface area (Å²) in [5.74, 6) is 1.37. The molecule has 0 bridgehead atoms. The molecule has 2 heteroatoms. The van der Waals surface area contributed by atoms with E-state index in [1.54, 1.807) is 0 Å². The molecule has 82 valence electrons. The molecule has 0 aromatic carbocycles. The molecule has 1 aliphatic heterocycles. The first-order valence-corrected chi connectivity index (χ1v) is 7.21. The maximum Gasteiger partial charge on any atom is 0.0586 e. The SMILES string of the molecule is CC1(C2NCCCS2)CCCCCC1. The molecule has 1 unspecified atom stereocenters. The fraction of sp³-hybridized carbons (Fsp3) is 1.00. The van der Waals surface area contributed by atoms with Gasteiger partial charge in [0.25, 0.3) is 0 Å². The normalized spacial score (nSPS) is 33.6. The van der Waals surface area contributed by atoms with E-state index in [1.807, 2.05) is 0 Å². The number of rotatable bonds is 1. The topological polar surface area (TPSA) is 12.0 Å². The minimum Gasteiger partial charge on any atom is -0.305 e. The highest BCUT2D eigenvalue weighted by Crippen LogP contribution is 2.42. The molecule has 0 aromatic rings. The van der Waals surface area contributed by atoms with Crippen LogP contribution in [0.2, 0.25) is 0 Å². The van der Waals surface area contributed by atoms with Crippen LogP contribution in [-0.2, 0) is 0 Å². The maximum absolute atomic E-state index is 3.72. The Morgan fingerprint density at radius 1 is 1.07 bits per heavy atom. The number of hydrogen-bond acceptors (Lipinski definition) is 2. The van der Waals surface area contributed by atoms with Crippen LogP contribution in [0.25, 0.3) is 0 Å². The first-order chi connectivity index (χ1) is 6.81. The van der Waals surface area contributed by atoms with Crippen LogP contribution in [0.5, 0.6) is 0 Å². The lowest BCUT2D eigenvalue weighted by Crippen LogP contribution is -2.44. The van der Waals surface area contributed by atoms with Gasteiger partial charge < -0.3 is 5.32 Å². The van der Waals surface area contributed by atoms with Gasteiger partial charge in [0.2, 0.25) is 0 Å². The average Bonchev–Trinajstić information content (AvgIpc) is 2.46. The Labute approximate surface area is 92.4 Å². The van der Waals surface area contributed by atoms with E-state index in [0.29, 0.717) is 5.41 Å². The van der Waals surface area contributed by atoms with Gasteiger partial charge in [-0.3, -0.25) is 0 Å². The summed E-state index contributed by atoms with van der Waals surface area (Å²) in [6.07, 6.45) is 10.1. The van der Waals surface area contributed by atoms with Crippen molar-refractivity contribution in [2.45, 2.75) is 57.2 Å². The second kappa shape index (κ2) is 4.89. The molecular formula is C12H23NS. The van der Waals surface area contributed by atoms with Crippen molar-refractivity contribution in [3.63, 3.8) is 0 Å². The lowest BCUT2D eigenvalue weighted by Gasteiger charge is -2.39. The summed E-state index contributed by atoms with van der Waals surface area (Å²) in [5, 5.41) is 4.46. The first-order valence-electron chi connectivity index (χ1n) is 6.16. The predicted molar refractivity (Wildman–Crippen MR) is 64.7 cm³/mol. The monoisotopic (exact) mass is 213 g/mol. The highest BCUT2D eigenvalue weighted by atomic mass is 32.2. The summed E-state index contributed by atoms with van der Waals surface area (Å²) < 4.78 is 0. The molecule has 0 radical (unpaired) electrons. The Morgan fingerprint density at radius 2 is 1.79 bits per heavy atom. The fourth-order valence-corrected chi connectivity index (χ4v) is 4.23. The lowest BCUT2D eigenvalue weighted by molar-refractivity contribution is 0.239. The minimum absolute atomic E-state index is 0.585. The second-order valence-corrected chi connectivity index (χ2v) is 6.34. The molecule has 1 atom stereocenters. The Bertz CT molecular complexity index is 167. The quantitative estimate of drug-likeness (QED) is 0.670. The van der Waals surface area contributed by atoms with E-state index in [0.717, 1.165) is 5.37 Å². The van der Waals surface area contributed by atoms with Gasteiger partial charge in [-0.2, -0.15) is 0 Å². The van der Waals surface area contributed by atoms with Crippen LogP contribution in [0.3, 0.4) is 0 Å². The Balaban J connectivity index is 1.96. The van der Waals surface area contributed by atoms with Crippen molar-refractivity contribution in [1.82, 2.24) is 5.32 Å². The Hall–Kier alpha value is 0.310. The van der Waals surface area contributed by atoms with Crippen LogP contribution < -0.4 is 5.32 Å². The van der Waals surface area contributed by atoms with Crippen molar-refractivity contribution in [2.75, 3.05) is 12.3 Å². The van der Waals surface area contributed by atoms with Gasteiger partial charge in [-0.15, -0.1) is 11.8 Å². The minimum atomic E-state index is 0.585. The van der Waals surface area contributed by atoms with Gasteiger partial charge >= 0.3 is 0 Å². The summed E-state index contributed by atoms with van der Waals surface area (Å²) >= 11 is 2.17. The van der Waals surface area contributed by atoms with Gasteiger partial charge in [-0.25, -0.2) is 0 Å². The van der Waals surface area contributed by atoms with Gasteiger partial charge in [0.05, 0.1) is 5.37 Å². The zero-order valence-electron chi connectivity index (χ0n) is 9.35. The standard InChI is InChI=1S/C12H23NS/c1-12(7-4-2-3-5-8-12)11-13-9-6-10-14-11/h11,13H,2-10H2,1H3. The molecule has 1 saturated heterocycles. The molecule has 2 fully saturated rings. The van der Waals surface area contributed by atoms with E-state index >= 15 is 0 Å². The van der Waals surface area contributed by atoms with E-state index in [-0.39, 0.29) is 0 Å². The van der Waals surface area contributed by atoms with Crippen molar-refractivity contribution >= 4 is 11.8 Å². The summed E-state index contributed by atoms with van der Waals surface area (Å²) in [6.45, 7) is 3.75. The van der Waals surface area contributed by atoms with Crippen LogP contribution in [0.1, 0.15) is 51.9 Å². The van der Waals surface area contributed by atoms with Gasteiger partial charge in [-0.05, 0) is 37.0 Å². The molecule has 14 heavy (non-hydrogen) atoms. The molecular weight excluding hydrogens is 190 g/mol. The summed E-state index contributed by atoms with van der Waals surface area (Å²) in [7, 11) is 0. The molecule has 1 saturated carbocycles. The molecule has 0 spiro atoms. The van der Waals surface area contributed by atoms with Crippen LogP contribution in [-0.4, -0.2) is 17.7 Å². The van der Waals surface area contributed by atoms with Gasteiger partial charge in [-0.1, -0.05) is 32.6 Å². The van der Waals surface area contributed by atoms with Crippen molar-refractivity contribution in [3.05, 3.63) is 0 Å². The Morgan fingerprint density at radius 3 is 2.36 bits per heavy atom. The highest BCUT2D eigenvalue weighted by Gasteiger charge is 2.35. The van der Waals surface area contributed by atoms with Gasteiger partial charge in [0.1, 0.15) is 0 Å². The summed E-state index contributed by atoms with van der Waals surface area (Å²) in [4.78, 5) is 0. The average molecular weight is 213 g/mol. The van der Waals surface area contributed by atoms with Crippen LogP contribution in [0, 0.1) is 5.41 Å². The molecule has 1 nitrogen and oxygen atoms in total. The number of thioether (sulfide) groups is 1. The van der Waals surface area contributed by atoms with Crippen molar-refractivity contribution in [2.24, 2.45) is 5.41 Å². The van der Waals surface area contributed by atoms with E-state index in [4.69, 9.17) is 0 Å². The van der Waals surface area contributed by atoms with Crippen LogP contribution in [0.15, 0.2) is 0 Å². The van der Waals surface area contributed by atoms with Crippen LogP contribution in [0.4, 0.5) is 0 Å². The highest BCUT2D eigenvalue weighted by molar-refractivity contribution is 7.99.